The van der Waals surface area contributed by atoms with Crippen LogP contribution in [-0.4, -0.2) is 55.8 Å². The number of hydrogen-bond donors (Lipinski definition) is 2. The van der Waals surface area contributed by atoms with Gasteiger partial charge in [0.25, 0.3) is 0 Å². The van der Waals surface area contributed by atoms with Gasteiger partial charge < -0.3 is 19.9 Å². The number of ether oxygens (including phenoxy) is 1. The van der Waals surface area contributed by atoms with Crippen molar-refractivity contribution < 1.29 is 4.74 Å². The molecule has 1 saturated heterocycles. The van der Waals surface area contributed by atoms with Crippen molar-refractivity contribution in [1.82, 2.24) is 15.2 Å². The highest BCUT2D eigenvalue weighted by molar-refractivity contribution is 5.08. The number of H-pyrrole nitrogens is 1. The molecule has 4 nitrogen and oxygen atoms in total. The van der Waals surface area contributed by atoms with Crippen molar-refractivity contribution in [2.24, 2.45) is 0 Å². The molecule has 4 heteroatoms. The third-order valence-electron chi connectivity index (χ3n) is 3.28. The maximum atomic E-state index is 5.68. The molecule has 1 aromatic heterocycles. The van der Waals surface area contributed by atoms with Crippen molar-refractivity contribution in [3.8, 4) is 0 Å². The first kappa shape index (κ1) is 12.6. The summed E-state index contributed by atoms with van der Waals surface area (Å²) < 4.78 is 5.68. The second-order valence-corrected chi connectivity index (χ2v) is 4.76. The molecule has 2 N–H and O–H groups in total. The van der Waals surface area contributed by atoms with Crippen LogP contribution in [0, 0.1) is 0 Å². The molecule has 1 unspecified atom stereocenters. The molecule has 0 radical (unpaired) electrons. The van der Waals surface area contributed by atoms with E-state index in [0.29, 0.717) is 6.10 Å². The topological polar surface area (TPSA) is 40.3 Å². The molecule has 0 spiro atoms. The average Bonchev–Trinajstić information content (AvgIpc) is 2.88. The zero-order valence-corrected chi connectivity index (χ0v) is 10.6. The predicted molar refractivity (Wildman–Crippen MR) is 69.2 cm³/mol. The Labute approximate surface area is 103 Å². The zero-order valence-electron chi connectivity index (χ0n) is 10.6. The number of aromatic amines is 1. The second-order valence-electron chi connectivity index (χ2n) is 4.76. The molecule has 0 saturated carbocycles. The lowest BCUT2D eigenvalue weighted by Crippen LogP contribution is -2.40. The normalized spacial score (nSPS) is 20.9. The first-order valence-corrected chi connectivity index (χ1v) is 6.47. The lowest BCUT2D eigenvalue weighted by Gasteiger charge is -2.25. The standard InChI is InChI=1S/C13H23N3O/c1-16(7-3-12-2-5-14-10-12)8-4-13-11-15-6-9-17-13/h2,5,10,13-15H,3-4,6-9,11H2,1H3. The first-order valence-electron chi connectivity index (χ1n) is 6.47. The van der Waals surface area contributed by atoms with E-state index in [1.54, 1.807) is 0 Å². The summed E-state index contributed by atoms with van der Waals surface area (Å²) in [6, 6.07) is 2.14. The van der Waals surface area contributed by atoms with E-state index in [-0.39, 0.29) is 0 Å². The van der Waals surface area contributed by atoms with Crippen LogP contribution in [0.3, 0.4) is 0 Å². The van der Waals surface area contributed by atoms with Crippen LogP contribution in [0.15, 0.2) is 18.5 Å². The summed E-state index contributed by atoms with van der Waals surface area (Å²) in [5.41, 5.74) is 1.38. The van der Waals surface area contributed by atoms with Gasteiger partial charge in [-0.25, -0.2) is 0 Å². The van der Waals surface area contributed by atoms with Crippen molar-refractivity contribution in [3.63, 3.8) is 0 Å². The van der Waals surface area contributed by atoms with E-state index in [1.165, 1.54) is 5.56 Å². The quantitative estimate of drug-likeness (QED) is 0.771. The van der Waals surface area contributed by atoms with Gasteiger partial charge in [0, 0.05) is 38.6 Å². The van der Waals surface area contributed by atoms with E-state index >= 15 is 0 Å². The smallest absolute Gasteiger partial charge is 0.0712 e. The van der Waals surface area contributed by atoms with E-state index in [1.807, 2.05) is 6.20 Å². The zero-order chi connectivity index (χ0) is 11.9. The fraction of sp³-hybridized carbons (Fsp3) is 0.692. The van der Waals surface area contributed by atoms with Gasteiger partial charge in [0.1, 0.15) is 0 Å². The van der Waals surface area contributed by atoms with Crippen LogP contribution < -0.4 is 5.32 Å². The Morgan fingerprint density at radius 2 is 2.41 bits per heavy atom. The predicted octanol–water partition coefficient (Wildman–Crippen LogP) is 0.867. The SMILES string of the molecule is CN(CCc1cc[nH]c1)CCC1CNCCO1. The Kier molecular flexibility index (Phi) is 5.04. The monoisotopic (exact) mass is 237 g/mol. The third-order valence-corrected chi connectivity index (χ3v) is 3.28. The van der Waals surface area contributed by atoms with Crippen LogP contribution >= 0.6 is 0 Å². The van der Waals surface area contributed by atoms with Gasteiger partial charge in [-0.3, -0.25) is 0 Å². The molecule has 1 aliphatic rings. The van der Waals surface area contributed by atoms with Gasteiger partial charge in [-0.05, 0) is 31.5 Å². The number of rotatable bonds is 6. The van der Waals surface area contributed by atoms with Crippen LogP contribution in [0.5, 0.6) is 0 Å². The van der Waals surface area contributed by atoms with E-state index < -0.39 is 0 Å². The van der Waals surface area contributed by atoms with Crippen LogP contribution in [0.1, 0.15) is 12.0 Å². The second kappa shape index (κ2) is 6.79. The minimum atomic E-state index is 0.401. The summed E-state index contributed by atoms with van der Waals surface area (Å²) >= 11 is 0. The minimum absolute atomic E-state index is 0.401. The molecule has 2 rings (SSSR count). The molecule has 0 aromatic carbocycles. The molecule has 1 aromatic rings. The van der Waals surface area contributed by atoms with E-state index in [4.69, 9.17) is 4.74 Å². The van der Waals surface area contributed by atoms with Crippen LogP contribution in [0.4, 0.5) is 0 Å². The Balaban J connectivity index is 1.58. The fourth-order valence-electron chi connectivity index (χ4n) is 2.12. The Bertz CT molecular complexity index is 294. The summed E-state index contributed by atoms with van der Waals surface area (Å²) in [7, 11) is 2.18. The highest BCUT2D eigenvalue weighted by Gasteiger charge is 2.13. The largest absolute Gasteiger partial charge is 0.376 e. The Morgan fingerprint density at radius 3 is 3.12 bits per heavy atom. The minimum Gasteiger partial charge on any atom is -0.376 e. The molecule has 1 atom stereocenters. The molecule has 1 fully saturated rings. The number of morpholine rings is 1. The van der Waals surface area contributed by atoms with Gasteiger partial charge in [0.2, 0.25) is 0 Å². The van der Waals surface area contributed by atoms with Crippen molar-refractivity contribution in [3.05, 3.63) is 24.0 Å². The third kappa shape index (κ3) is 4.50. The summed E-state index contributed by atoms with van der Waals surface area (Å²) in [6.07, 6.45) is 6.69. The van der Waals surface area contributed by atoms with Crippen LogP contribution in [0.25, 0.3) is 0 Å². The van der Waals surface area contributed by atoms with Gasteiger partial charge in [-0.1, -0.05) is 0 Å². The van der Waals surface area contributed by atoms with E-state index in [9.17, 15) is 0 Å². The van der Waals surface area contributed by atoms with E-state index in [2.05, 4.69) is 34.5 Å². The van der Waals surface area contributed by atoms with Crippen molar-refractivity contribution in [2.75, 3.05) is 39.8 Å². The molecular weight excluding hydrogens is 214 g/mol. The molecule has 96 valence electrons. The number of aromatic nitrogens is 1. The molecule has 0 aliphatic carbocycles. The Hall–Kier alpha value is -0.840. The van der Waals surface area contributed by atoms with Gasteiger partial charge in [0.15, 0.2) is 0 Å². The molecule has 2 heterocycles. The number of hydrogen-bond acceptors (Lipinski definition) is 3. The number of nitrogens with one attached hydrogen (secondary N) is 2. The van der Waals surface area contributed by atoms with Crippen LogP contribution in [-0.2, 0) is 11.2 Å². The Morgan fingerprint density at radius 1 is 1.47 bits per heavy atom. The number of likely N-dealkylation sites (N-methyl/N-ethyl adjacent to an activating group) is 1. The summed E-state index contributed by atoms with van der Waals surface area (Å²) in [5.74, 6) is 0. The van der Waals surface area contributed by atoms with Gasteiger partial charge in [0.05, 0.1) is 12.7 Å². The van der Waals surface area contributed by atoms with Crippen molar-refractivity contribution in [1.29, 1.82) is 0 Å². The maximum absolute atomic E-state index is 5.68. The van der Waals surface area contributed by atoms with E-state index in [0.717, 1.165) is 45.6 Å². The molecule has 0 amide bonds. The summed E-state index contributed by atoms with van der Waals surface area (Å²) in [6.45, 7) is 5.08. The summed E-state index contributed by atoms with van der Waals surface area (Å²) in [4.78, 5) is 5.47. The van der Waals surface area contributed by atoms with Crippen molar-refractivity contribution in [2.45, 2.75) is 18.9 Å². The lowest BCUT2D eigenvalue weighted by molar-refractivity contribution is 0.0188. The molecule has 17 heavy (non-hydrogen) atoms. The van der Waals surface area contributed by atoms with Gasteiger partial charge >= 0.3 is 0 Å². The number of nitrogens with zero attached hydrogens (tertiary/aromatic N) is 1. The first-order chi connectivity index (χ1) is 8.34. The highest BCUT2D eigenvalue weighted by Crippen LogP contribution is 2.04. The lowest BCUT2D eigenvalue weighted by atomic mass is 10.2. The molecular formula is C13H23N3O. The summed E-state index contributed by atoms with van der Waals surface area (Å²) in [5, 5.41) is 3.37. The molecule has 0 bridgehead atoms. The molecule has 1 aliphatic heterocycles. The van der Waals surface area contributed by atoms with Gasteiger partial charge in [-0.15, -0.1) is 0 Å². The van der Waals surface area contributed by atoms with Gasteiger partial charge in [-0.2, -0.15) is 0 Å². The maximum Gasteiger partial charge on any atom is 0.0712 e. The highest BCUT2D eigenvalue weighted by atomic mass is 16.5. The van der Waals surface area contributed by atoms with Crippen molar-refractivity contribution >= 4 is 0 Å². The fourth-order valence-corrected chi connectivity index (χ4v) is 2.12. The average molecular weight is 237 g/mol. The van der Waals surface area contributed by atoms with Crippen LogP contribution in [0.2, 0.25) is 0 Å².